The Balaban J connectivity index is 0.000000191. The van der Waals surface area contributed by atoms with Crippen molar-refractivity contribution in [2.24, 2.45) is 0 Å². The molecule has 2 rings (SSSR count). The molecule has 1 aliphatic rings. The van der Waals surface area contributed by atoms with Crippen LogP contribution in [0.5, 0.6) is 5.75 Å². The van der Waals surface area contributed by atoms with Crippen LogP contribution in [-0.2, 0) is 14.8 Å². The van der Waals surface area contributed by atoms with Crippen molar-refractivity contribution in [3.63, 3.8) is 0 Å². The molecule has 0 bridgehead atoms. The van der Waals surface area contributed by atoms with E-state index in [0.29, 0.717) is 0 Å². The molecule has 2 N–H and O–H groups in total. The van der Waals surface area contributed by atoms with Gasteiger partial charge in [0.25, 0.3) is 0 Å². The molecule has 1 saturated heterocycles. The molecule has 0 radical (unpaired) electrons. The number of ether oxygens (including phenoxy) is 2. The van der Waals surface area contributed by atoms with E-state index in [1.54, 1.807) is 7.11 Å². The van der Waals surface area contributed by atoms with Crippen molar-refractivity contribution < 1.29 is 29.3 Å². The minimum atomic E-state index is -1.22. The minimum Gasteiger partial charge on any atom is -0.479 e. The molecular formula is C12H13KO6. The minimum absolute atomic E-state index is 0.918. The first-order chi connectivity index (χ1) is 8.99. The fourth-order valence-corrected chi connectivity index (χ4v) is 2.09. The summed E-state index contributed by atoms with van der Waals surface area (Å²) in [4.78, 5) is 19.8. The van der Waals surface area contributed by atoms with Crippen LogP contribution in [-0.4, -0.2) is 90.4 Å². The van der Waals surface area contributed by atoms with Crippen LogP contribution in [0.4, 0.5) is 0 Å². The van der Waals surface area contributed by atoms with E-state index >= 15 is 0 Å². The number of carbonyl (C=O) groups is 2. The summed E-state index contributed by atoms with van der Waals surface area (Å²) in [5.41, 5.74) is 1.43. The van der Waals surface area contributed by atoms with Crippen molar-refractivity contribution in [2.45, 2.75) is 12.7 Å². The maximum atomic E-state index is 9.89. The molecule has 98 valence electrons. The van der Waals surface area contributed by atoms with Gasteiger partial charge in [0.15, 0.2) is 12.2 Å². The smallest absolute Gasteiger partial charge is 0.336 e. The Morgan fingerprint density at radius 3 is 1.95 bits per heavy atom. The zero-order chi connectivity index (χ0) is 14.4. The quantitative estimate of drug-likeness (QED) is 0.611. The van der Waals surface area contributed by atoms with Gasteiger partial charge in [-0.25, -0.2) is 9.59 Å². The number of rotatable bonds is 4. The summed E-state index contributed by atoms with van der Waals surface area (Å²) < 4.78 is 10.5. The van der Waals surface area contributed by atoms with Crippen LogP contribution in [0.3, 0.4) is 0 Å². The fraction of sp³-hybridized carbons (Fsp3) is 0.333. The van der Waals surface area contributed by atoms with Gasteiger partial charge in [-0.05, 0) is 0 Å². The van der Waals surface area contributed by atoms with Crippen molar-refractivity contribution in [3.05, 3.63) is 29.8 Å². The molecule has 2 atom stereocenters. The largest absolute Gasteiger partial charge is 0.479 e. The van der Waals surface area contributed by atoms with Gasteiger partial charge in [-0.2, -0.15) is 0 Å². The van der Waals surface area contributed by atoms with E-state index in [1.165, 1.54) is 6.08 Å². The molecule has 1 aliphatic heterocycles. The number of carboxylic acid groups (broad SMARTS) is 2. The summed E-state index contributed by atoms with van der Waals surface area (Å²) in [5, 5.41) is 16.2. The normalized spacial score (nSPS) is 19.9. The molecule has 1 heterocycles. The molecule has 7 heteroatoms. The number of hydrogen-bond acceptors (Lipinski definition) is 4. The van der Waals surface area contributed by atoms with Crippen molar-refractivity contribution in [3.8, 4) is 5.75 Å². The van der Waals surface area contributed by atoms with Crippen molar-refractivity contribution >= 4 is 60.9 Å². The summed E-state index contributed by atoms with van der Waals surface area (Å²) >= 11 is 0.918. The number of methoxy groups -OCH3 is 1. The molecule has 0 amide bonds. The Hall–Kier alpha value is -0.444. The second kappa shape index (κ2) is 7.98. The van der Waals surface area contributed by atoms with Crippen molar-refractivity contribution in [1.29, 1.82) is 0 Å². The third-order valence-corrected chi connectivity index (χ3v) is 3.82. The van der Waals surface area contributed by atoms with E-state index in [1.807, 2.05) is 12.1 Å². The first-order valence-electron chi connectivity index (χ1n) is 5.73. The van der Waals surface area contributed by atoms with Gasteiger partial charge in [-0.15, -0.1) is 0 Å². The third-order valence-electron chi connectivity index (χ3n) is 2.55. The SMILES string of the molecule is COc1ccc([CH2][K])cc1.O=C(O)C1OC1C(=O)O. The van der Waals surface area contributed by atoms with Gasteiger partial charge < -0.3 is 14.9 Å². The number of carboxylic acids is 2. The van der Waals surface area contributed by atoms with Crippen LogP contribution < -0.4 is 4.74 Å². The maximum absolute atomic E-state index is 9.89. The Bertz CT molecular complexity index is 403. The summed E-state index contributed by atoms with van der Waals surface area (Å²) in [7, 11) is 1.69. The Morgan fingerprint density at radius 1 is 1.21 bits per heavy atom. The van der Waals surface area contributed by atoms with Gasteiger partial charge >= 0.3 is 109 Å². The van der Waals surface area contributed by atoms with Gasteiger partial charge in [0.2, 0.25) is 0 Å². The third kappa shape index (κ3) is 5.60. The van der Waals surface area contributed by atoms with Crippen LogP contribution in [0, 0.1) is 0 Å². The number of aliphatic carboxylic acids is 2. The second-order valence-corrected chi connectivity index (χ2v) is 4.96. The summed E-state index contributed by atoms with van der Waals surface area (Å²) in [6.07, 6.45) is -2.25. The van der Waals surface area contributed by atoms with Crippen molar-refractivity contribution in [2.75, 3.05) is 7.11 Å². The predicted molar refractivity (Wildman–Crippen MR) is 66.4 cm³/mol. The van der Waals surface area contributed by atoms with E-state index in [0.717, 1.165) is 54.7 Å². The topological polar surface area (TPSA) is 96.4 Å². The van der Waals surface area contributed by atoms with Crippen LogP contribution in [0.2, 0.25) is 0 Å². The Labute approximate surface area is 144 Å². The zero-order valence-electron chi connectivity index (χ0n) is 10.7. The van der Waals surface area contributed by atoms with E-state index in [2.05, 4.69) is 16.9 Å². The molecule has 1 fully saturated rings. The van der Waals surface area contributed by atoms with Gasteiger partial charge in [-0.3, -0.25) is 0 Å². The fourth-order valence-electron chi connectivity index (χ4n) is 1.35. The summed E-state index contributed by atoms with van der Waals surface area (Å²) in [6.45, 7) is 0. The molecule has 6 nitrogen and oxygen atoms in total. The summed E-state index contributed by atoms with van der Waals surface area (Å²) in [6, 6.07) is 8.29. The van der Waals surface area contributed by atoms with E-state index < -0.39 is 24.1 Å². The van der Waals surface area contributed by atoms with E-state index in [4.69, 9.17) is 14.9 Å². The van der Waals surface area contributed by atoms with Crippen molar-refractivity contribution in [1.82, 2.24) is 0 Å². The van der Waals surface area contributed by atoms with E-state index in [9.17, 15) is 9.59 Å². The molecule has 0 spiro atoms. The molecular weight excluding hydrogens is 279 g/mol. The van der Waals surface area contributed by atoms with Gasteiger partial charge in [-0.1, -0.05) is 0 Å². The van der Waals surface area contributed by atoms with Gasteiger partial charge in [0.1, 0.15) is 0 Å². The van der Waals surface area contributed by atoms with Gasteiger partial charge in [0.05, 0.1) is 0 Å². The monoisotopic (exact) mass is 292 g/mol. The zero-order valence-corrected chi connectivity index (χ0v) is 13.8. The molecule has 1 aromatic carbocycles. The van der Waals surface area contributed by atoms with Crippen LogP contribution in [0.15, 0.2) is 24.3 Å². The first-order valence-corrected chi connectivity index (χ1v) is 7.94. The average Bonchev–Trinajstić information content (AvgIpc) is 3.20. The predicted octanol–water partition coefficient (Wildman–Crippen LogP) is 0.287. The average molecular weight is 292 g/mol. The molecule has 2 unspecified atom stereocenters. The number of benzene rings is 1. The number of epoxide rings is 1. The Morgan fingerprint density at radius 2 is 1.68 bits per heavy atom. The molecule has 0 aliphatic carbocycles. The van der Waals surface area contributed by atoms with Gasteiger partial charge in [0, 0.05) is 0 Å². The maximum Gasteiger partial charge on any atom is 0.336 e. The summed E-state index contributed by atoms with van der Waals surface area (Å²) in [5.74, 6) is -1.49. The molecule has 19 heavy (non-hydrogen) atoms. The molecule has 0 saturated carbocycles. The number of hydrogen-bond donors (Lipinski definition) is 2. The van der Waals surface area contributed by atoms with Crippen LogP contribution in [0.25, 0.3) is 0 Å². The molecule has 1 aromatic rings. The Kier molecular flexibility index (Phi) is 6.98. The van der Waals surface area contributed by atoms with Crippen LogP contribution in [0.1, 0.15) is 5.56 Å². The standard InChI is InChI=1S/C8H9O.C4H4O5.K/c1-7-3-5-8(9-2)6-4-7;5-3(6)1-2(9-1)4(7)8;/h3-6H,1H2,2H3;1-2H,(H,5,6)(H,7,8);. The second-order valence-electron chi connectivity index (χ2n) is 3.86. The van der Waals surface area contributed by atoms with E-state index in [-0.39, 0.29) is 0 Å². The molecule has 0 aromatic heterocycles. The first kappa shape index (κ1) is 16.6. The van der Waals surface area contributed by atoms with Crippen LogP contribution >= 0.6 is 0 Å².